The van der Waals surface area contributed by atoms with Crippen molar-refractivity contribution in [3.63, 3.8) is 0 Å². The SMILES string of the molecule is O=C1NS(=O)(=O)[C@H](CCOC(F)(F)F)CC/C=C/C[C@H]2CC[C@H]2CN2C[C@@]3(CCCc4cc(Cl)c(O)cc43)COc3ccc1cc32. The maximum absolute atomic E-state index is 13.4. The van der Waals surface area contributed by atoms with Crippen LogP contribution in [0.3, 0.4) is 0 Å². The first-order valence-corrected chi connectivity index (χ1v) is 17.7. The highest BCUT2D eigenvalue weighted by Crippen LogP contribution is 2.47. The van der Waals surface area contributed by atoms with Crippen LogP contribution in [0.1, 0.15) is 72.9 Å². The van der Waals surface area contributed by atoms with Crippen LogP contribution in [-0.4, -0.2) is 57.3 Å². The summed E-state index contributed by atoms with van der Waals surface area (Å²) in [6.07, 6.45) is 4.48. The molecule has 46 heavy (non-hydrogen) atoms. The van der Waals surface area contributed by atoms with Gasteiger partial charge in [0.05, 0.1) is 29.2 Å². The van der Waals surface area contributed by atoms with E-state index in [0.29, 0.717) is 47.9 Å². The first-order chi connectivity index (χ1) is 21.8. The van der Waals surface area contributed by atoms with E-state index in [0.717, 1.165) is 56.2 Å². The van der Waals surface area contributed by atoms with Gasteiger partial charge in [-0.05, 0) is 111 Å². The number of aryl methyl sites for hydroxylation is 1. The Balaban J connectivity index is 1.35. The van der Waals surface area contributed by atoms with Crippen LogP contribution in [0.25, 0.3) is 0 Å². The van der Waals surface area contributed by atoms with E-state index in [4.69, 9.17) is 16.3 Å². The average Bonchev–Trinajstić information content (AvgIpc) is 3.13. The number of alkyl halides is 3. The van der Waals surface area contributed by atoms with Gasteiger partial charge in [-0.3, -0.25) is 9.53 Å². The summed E-state index contributed by atoms with van der Waals surface area (Å²) < 4.78 is 77.0. The molecule has 6 rings (SSSR count). The van der Waals surface area contributed by atoms with Gasteiger partial charge in [0.25, 0.3) is 5.91 Å². The maximum atomic E-state index is 13.4. The van der Waals surface area contributed by atoms with E-state index >= 15 is 0 Å². The molecule has 1 spiro atoms. The van der Waals surface area contributed by atoms with Crippen LogP contribution in [0, 0.1) is 11.8 Å². The van der Waals surface area contributed by atoms with E-state index in [1.165, 1.54) is 6.07 Å². The highest BCUT2D eigenvalue weighted by Gasteiger charge is 2.44. The zero-order chi connectivity index (χ0) is 32.7. The molecule has 0 radical (unpaired) electrons. The summed E-state index contributed by atoms with van der Waals surface area (Å²) in [6, 6.07) is 8.40. The van der Waals surface area contributed by atoms with Crippen molar-refractivity contribution in [3.8, 4) is 11.5 Å². The Morgan fingerprint density at radius 2 is 1.93 bits per heavy atom. The van der Waals surface area contributed by atoms with Crippen LogP contribution in [0.2, 0.25) is 5.02 Å². The highest BCUT2D eigenvalue weighted by molar-refractivity contribution is 7.90. The van der Waals surface area contributed by atoms with Gasteiger partial charge >= 0.3 is 6.36 Å². The number of halogens is 4. The van der Waals surface area contributed by atoms with Crippen molar-refractivity contribution in [3.05, 3.63) is 64.2 Å². The number of anilines is 1. The number of nitrogens with zero attached hydrogens (tertiary/aromatic N) is 1. The average molecular weight is 683 g/mol. The van der Waals surface area contributed by atoms with Crippen molar-refractivity contribution in [2.75, 3.05) is 31.2 Å². The number of phenolic OH excluding ortho intramolecular Hbond substituents is 1. The fourth-order valence-corrected chi connectivity index (χ4v) is 9.03. The number of hydrogen-bond acceptors (Lipinski definition) is 7. The second-order valence-corrected chi connectivity index (χ2v) is 15.4. The number of benzene rings is 2. The van der Waals surface area contributed by atoms with Gasteiger partial charge in [-0.1, -0.05) is 23.8 Å². The van der Waals surface area contributed by atoms with Gasteiger partial charge in [0, 0.05) is 24.1 Å². The molecule has 1 amide bonds. The predicted octanol–water partition coefficient (Wildman–Crippen LogP) is 6.64. The van der Waals surface area contributed by atoms with Crippen molar-refractivity contribution in [2.24, 2.45) is 11.8 Å². The lowest BCUT2D eigenvalue weighted by atomic mass is 9.69. The Kier molecular flexibility index (Phi) is 9.26. The van der Waals surface area contributed by atoms with Crippen molar-refractivity contribution in [2.45, 2.75) is 74.8 Å². The highest BCUT2D eigenvalue weighted by atomic mass is 35.5. The normalized spacial score (nSPS) is 28.6. The molecule has 0 unspecified atom stereocenters. The zero-order valence-electron chi connectivity index (χ0n) is 25.3. The van der Waals surface area contributed by atoms with Gasteiger partial charge in [0.2, 0.25) is 10.0 Å². The number of allylic oxidation sites excluding steroid dienone is 2. The summed E-state index contributed by atoms with van der Waals surface area (Å²) in [4.78, 5) is 15.7. The molecule has 2 aromatic carbocycles. The Bertz CT molecular complexity index is 1620. The molecule has 1 fully saturated rings. The van der Waals surface area contributed by atoms with Gasteiger partial charge in [0.1, 0.15) is 11.5 Å². The third-order valence-corrected chi connectivity index (χ3v) is 12.2. The molecule has 0 saturated heterocycles. The molecule has 2 heterocycles. The van der Waals surface area contributed by atoms with Gasteiger partial charge in [-0.15, -0.1) is 13.2 Å². The minimum absolute atomic E-state index is 0.0192. The lowest BCUT2D eigenvalue weighted by Crippen LogP contribution is -2.48. The fourth-order valence-electron chi connectivity index (χ4n) is 7.45. The van der Waals surface area contributed by atoms with Gasteiger partial charge in [0.15, 0.2) is 0 Å². The molecule has 2 aliphatic carbocycles. The Morgan fingerprint density at radius 1 is 1.13 bits per heavy atom. The van der Waals surface area contributed by atoms with E-state index in [2.05, 4.69) is 14.4 Å². The lowest BCUT2D eigenvalue weighted by molar-refractivity contribution is -0.324. The summed E-state index contributed by atoms with van der Waals surface area (Å²) >= 11 is 6.29. The molecule has 0 aromatic heterocycles. The summed E-state index contributed by atoms with van der Waals surface area (Å²) in [5.41, 5.74) is 2.40. The smallest absolute Gasteiger partial charge is 0.506 e. The third-order valence-electron chi connectivity index (χ3n) is 10.1. The van der Waals surface area contributed by atoms with Crippen LogP contribution >= 0.6 is 11.6 Å². The number of ether oxygens (including phenoxy) is 2. The molecule has 2 aromatic rings. The van der Waals surface area contributed by atoms with E-state index in [1.807, 2.05) is 18.2 Å². The van der Waals surface area contributed by atoms with E-state index < -0.39 is 46.0 Å². The predicted molar refractivity (Wildman–Crippen MR) is 168 cm³/mol. The molecular formula is C33H38ClF3N2O6S. The summed E-state index contributed by atoms with van der Waals surface area (Å²) in [5.74, 6) is 0.523. The maximum Gasteiger partial charge on any atom is 0.522 e. The van der Waals surface area contributed by atoms with Gasteiger partial charge in [-0.25, -0.2) is 13.1 Å². The molecule has 4 atom stereocenters. The van der Waals surface area contributed by atoms with Crippen LogP contribution in [-0.2, 0) is 26.6 Å². The molecule has 4 aliphatic rings. The van der Waals surface area contributed by atoms with Crippen LogP contribution in [0.5, 0.6) is 11.5 Å². The Hall–Kier alpha value is -2.96. The standard InChI is InChI=1S/C33H38ClF3N2O6S/c34-27-15-22-6-4-13-32(26(22)17-29(27)40)19-39-18-24-9-8-21(24)5-2-1-3-7-25(12-14-45-33(35,36)37)46(42,43)38-31(41)23-10-11-30(44-20-32)28(39)16-23/h1-2,10-11,15-17,21,24-25,40H,3-9,12-14,18-20H2,(H,38,41)/b2-1+/t21-,24-,25-,32-/m0/s1. The summed E-state index contributed by atoms with van der Waals surface area (Å²) in [5, 5.41) is 9.63. The number of nitrogens with one attached hydrogen (secondary N) is 1. The first-order valence-electron chi connectivity index (χ1n) is 15.8. The number of carbonyl (C=O) groups is 1. The van der Waals surface area contributed by atoms with Crippen LogP contribution in [0.4, 0.5) is 18.9 Å². The molecule has 250 valence electrons. The molecule has 2 N–H and O–H groups in total. The number of amides is 1. The molecule has 2 aliphatic heterocycles. The number of carbonyl (C=O) groups excluding carboxylic acids is 1. The number of phenols is 1. The van der Waals surface area contributed by atoms with Crippen molar-refractivity contribution >= 4 is 33.2 Å². The minimum Gasteiger partial charge on any atom is -0.506 e. The number of aromatic hydroxyl groups is 1. The van der Waals surface area contributed by atoms with Crippen LogP contribution < -0.4 is 14.4 Å². The summed E-state index contributed by atoms with van der Waals surface area (Å²) in [7, 11) is -4.34. The van der Waals surface area contributed by atoms with Crippen molar-refractivity contribution in [1.29, 1.82) is 0 Å². The topological polar surface area (TPSA) is 105 Å². The molecule has 1 saturated carbocycles. The first kappa shape index (κ1) is 33.0. The Morgan fingerprint density at radius 3 is 2.70 bits per heavy atom. The zero-order valence-corrected chi connectivity index (χ0v) is 26.9. The van der Waals surface area contributed by atoms with E-state index in [-0.39, 0.29) is 17.7 Å². The molecule has 2 bridgehead atoms. The van der Waals surface area contributed by atoms with Crippen LogP contribution in [0.15, 0.2) is 42.5 Å². The fraction of sp³-hybridized carbons (Fsp3) is 0.545. The number of sulfonamides is 1. The summed E-state index contributed by atoms with van der Waals surface area (Å²) in [6.45, 7) is 0.799. The number of rotatable bonds is 3. The van der Waals surface area contributed by atoms with E-state index in [9.17, 15) is 31.5 Å². The number of fused-ring (bicyclic) bond motifs is 4. The molecular weight excluding hydrogens is 645 g/mol. The second kappa shape index (κ2) is 12.9. The lowest BCUT2D eigenvalue weighted by Gasteiger charge is -2.44. The second-order valence-electron chi connectivity index (χ2n) is 13.0. The molecule has 13 heteroatoms. The van der Waals surface area contributed by atoms with E-state index in [1.54, 1.807) is 18.2 Å². The minimum atomic E-state index is -4.88. The number of hydrogen-bond donors (Lipinski definition) is 2. The van der Waals surface area contributed by atoms with Crippen molar-refractivity contribution in [1.82, 2.24) is 4.72 Å². The third kappa shape index (κ3) is 6.99. The quantitative estimate of drug-likeness (QED) is 0.350. The monoisotopic (exact) mass is 682 g/mol. The largest absolute Gasteiger partial charge is 0.522 e. The van der Waals surface area contributed by atoms with Gasteiger partial charge in [-0.2, -0.15) is 0 Å². The van der Waals surface area contributed by atoms with Crippen molar-refractivity contribution < 1.29 is 41.0 Å². The Labute approximate surface area is 271 Å². The van der Waals surface area contributed by atoms with Gasteiger partial charge < -0.3 is 14.7 Å². The molecule has 8 nitrogen and oxygen atoms in total.